The van der Waals surface area contributed by atoms with Gasteiger partial charge in [-0.25, -0.2) is 0 Å². The molecule has 2 aliphatic rings. The molecule has 1 saturated heterocycles. The van der Waals surface area contributed by atoms with Gasteiger partial charge >= 0.3 is 0 Å². The SMILES string of the molecule is COc1ccc(C(=O)Nc2ccc(CN3C(=O)[C@]4(O[C@H](CCn5cc(CCO)nn5)[C@@H]([Si](C)(C)c5ccc(OC)cc5)[C@@H]4C)c4cc(OC)ccc43)cc2)cc1. The molecule has 4 atom stereocenters. The number of aryl methyl sites for hydroxylation is 1. The van der Waals surface area contributed by atoms with Crippen molar-refractivity contribution in [3.05, 3.63) is 120 Å². The first-order chi connectivity index (χ1) is 27.0. The van der Waals surface area contributed by atoms with E-state index in [0.717, 1.165) is 28.3 Å². The van der Waals surface area contributed by atoms with Gasteiger partial charge in [0, 0.05) is 48.5 Å². The van der Waals surface area contributed by atoms with Gasteiger partial charge in [0.05, 0.1) is 53.4 Å². The summed E-state index contributed by atoms with van der Waals surface area (Å²) < 4.78 is 25.5. The number of ether oxygens (including phenoxy) is 4. The third-order valence-electron chi connectivity index (χ3n) is 11.5. The molecule has 3 heterocycles. The van der Waals surface area contributed by atoms with E-state index in [4.69, 9.17) is 18.9 Å². The quantitative estimate of drug-likeness (QED) is 0.131. The summed E-state index contributed by atoms with van der Waals surface area (Å²) in [6.45, 7) is 7.74. The number of carbonyl (C=O) groups excluding carboxylic acids is 2. The molecule has 1 fully saturated rings. The Morgan fingerprint density at radius 1 is 0.911 bits per heavy atom. The van der Waals surface area contributed by atoms with Gasteiger partial charge in [-0.05, 0) is 84.3 Å². The summed E-state index contributed by atoms with van der Waals surface area (Å²) in [6, 6.07) is 28.6. The molecule has 2 amide bonds. The summed E-state index contributed by atoms with van der Waals surface area (Å²) in [5, 5.41) is 22.2. The number of fused-ring (bicyclic) bond motifs is 2. The lowest BCUT2D eigenvalue weighted by Crippen LogP contribution is -2.51. The second-order valence-electron chi connectivity index (χ2n) is 15.0. The van der Waals surface area contributed by atoms with Gasteiger partial charge in [-0.1, -0.05) is 54.7 Å². The summed E-state index contributed by atoms with van der Waals surface area (Å²) in [6.07, 6.45) is 2.63. The van der Waals surface area contributed by atoms with Crippen molar-refractivity contribution in [2.45, 2.75) is 63.2 Å². The van der Waals surface area contributed by atoms with Gasteiger partial charge in [0.1, 0.15) is 17.2 Å². The number of hydrogen-bond acceptors (Lipinski definition) is 9. The molecule has 1 aromatic heterocycles. The molecule has 0 bridgehead atoms. The number of carbonyl (C=O) groups is 2. The monoisotopic (exact) mass is 775 g/mol. The van der Waals surface area contributed by atoms with Crippen LogP contribution in [-0.4, -0.2) is 74.0 Å². The first-order valence-electron chi connectivity index (χ1n) is 18.9. The van der Waals surface area contributed by atoms with Crippen LogP contribution in [-0.2, 0) is 34.6 Å². The molecule has 13 heteroatoms. The number of anilines is 2. The lowest BCUT2D eigenvalue weighted by molar-refractivity contribution is -0.146. The summed E-state index contributed by atoms with van der Waals surface area (Å²) in [5.74, 6) is 1.58. The highest BCUT2D eigenvalue weighted by atomic mass is 28.3. The number of methoxy groups -OCH3 is 3. The number of nitrogens with zero attached hydrogens (tertiary/aromatic N) is 4. The molecule has 0 saturated carbocycles. The number of aliphatic hydroxyl groups excluding tert-OH is 1. The van der Waals surface area contributed by atoms with E-state index in [1.54, 1.807) is 50.3 Å². The zero-order chi connectivity index (χ0) is 39.6. The number of nitrogens with one attached hydrogen (secondary N) is 1. The van der Waals surface area contributed by atoms with Crippen LogP contribution in [0.2, 0.25) is 18.6 Å². The van der Waals surface area contributed by atoms with E-state index in [-0.39, 0.29) is 36.0 Å². The minimum absolute atomic E-state index is 0.000959. The molecule has 1 spiro atoms. The Balaban J connectivity index is 1.20. The van der Waals surface area contributed by atoms with Crippen molar-refractivity contribution in [1.29, 1.82) is 0 Å². The lowest BCUT2D eigenvalue weighted by Gasteiger charge is -2.37. The van der Waals surface area contributed by atoms with Crippen LogP contribution in [0.15, 0.2) is 97.2 Å². The van der Waals surface area contributed by atoms with Gasteiger partial charge in [0.15, 0.2) is 5.60 Å². The molecule has 2 N–H and O–H groups in total. The standard InChI is InChI=1S/C43H49N5O7Si/c1-28-40(56(5,6)36-18-15-34(53-3)16-19-36)39(21-23-47-27-32(22-24-49)45-46-47)55-43(28)37-25-35(54-4)17-20-38(37)48(42(43)51)26-29-7-11-31(12-8-29)44-41(50)30-9-13-33(52-2)14-10-30/h7-20,25,27-28,39-40,49H,21-24,26H2,1-6H3,(H,44,50)/t28-,39+,40-,43+/m0/s1. The predicted octanol–water partition coefficient (Wildman–Crippen LogP) is 5.94. The molecule has 7 rings (SSSR count). The topological polar surface area (TPSA) is 137 Å². The Morgan fingerprint density at radius 3 is 2.20 bits per heavy atom. The fourth-order valence-electron chi connectivity index (χ4n) is 8.60. The Hall–Kier alpha value is -5.50. The zero-order valence-electron chi connectivity index (χ0n) is 32.7. The average Bonchev–Trinajstić information content (AvgIpc) is 3.87. The van der Waals surface area contributed by atoms with E-state index in [9.17, 15) is 9.90 Å². The van der Waals surface area contributed by atoms with Crippen LogP contribution in [0.5, 0.6) is 17.2 Å². The van der Waals surface area contributed by atoms with Gasteiger partial charge in [-0.15, -0.1) is 5.10 Å². The second-order valence-corrected chi connectivity index (χ2v) is 19.7. The van der Waals surface area contributed by atoms with E-state index in [1.807, 2.05) is 65.7 Å². The van der Waals surface area contributed by atoms with Gasteiger partial charge in [0.2, 0.25) is 0 Å². The summed E-state index contributed by atoms with van der Waals surface area (Å²) >= 11 is 0. The number of benzene rings is 4. The number of hydrogen-bond donors (Lipinski definition) is 2. The third kappa shape index (κ3) is 7.17. The van der Waals surface area contributed by atoms with Crippen molar-refractivity contribution in [2.24, 2.45) is 5.92 Å². The number of amides is 2. The smallest absolute Gasteiger partial charge is 0.264 e. The predicted molar refractivity (Wildman–Crippen MR) is 217 cm³/mol. The molecule has 0 radical (unpaired) electrons. The van der Waals surface area contributed by atoms with Crippen molar-refractivity contribution < 1.29 is 33.6 Å². The normalized spacial score (nSPS) is 20.3. The largest absolute Gasteiger partial charge is 0.497 e. The molecular formula is C43H49N5O7Si. The fraction of sp³-hybridized carbons (Fsp3) is 0.349. The summed E-state index contributed by atoms with van der Waals surface area (Å²) in [5.41, 5.74) is 3.15. The van der Waals surface area contributed by atoms with Gasteiger partial charge in [-0.2, -0.15) is 0 Å². The minimum atomic E-state index is -2.37. The van der Waals surface area contributed by atoms with E-state index in [1.165, 1.54) is 5.19 Å². The molecule has 0 aliphatic carbocycles. The molecular weight excluding hydrogens is 727 g/mol. The minimum Gasteiger partial charge on any atom is -0.497 e. The zero-order valence-corrected chi connectivity index (χ0v) is 33.7. The van der Waals surface area contributed by atoms with Crippen molar-refractivity contribution in [2.75, 3.05) is 38.2 Å². The van der Waals surface area contributed by atoms with Crippen molar-refractivity contribution >= 4 is 36.4 Å². The van der Waals surface area contributed by atoms with Crippen LogP contribution in [0, 0.1) is 5.92 Å². The molecule has 12 nitrogen and oxygen atoms in total. The maximum atomic E-state index is 15.2. The second kappa shape index (κ2) is 15.9. The summed E-state index contributed by atoms with van der Waals surface area (Å²) in [4.78, 5) is 30.0. The molecule has 4 aromatic carbocycles. The fourth-order valence-corrected chi connectivity index (χ4v) is 12.7. The Bertz CT molecular complexity index is 2170. The van der Waals surface area contributed by atoms with Crippen LogP contribution >= 0.6 is 0 Å². The van der Waals surface area contributed by atoms with Crippen LogP contribution in [0.3, 0.4) is 0 Å². The summed E-state index contributed by atoms with van der Waals surface area (Å²) in [7, 11) is 2.51. The Morgan fingerprint density at radius 2 is 1.55 bits per heavy atom. The molecule has 292 valence electrons. The first-order valence-corrected chi connectivity index (χ1v) is 22.0. The average molecular weight is 776 g/mol. The van der Waals surface area contributed by atoms with Crippen LogP contribution in [0.25, 0.3) is 0 Å². The number of aromatic nitrogens is 3. The molecule has 2 aliphatic heterocycles. The van der Waals surface area contributed by atoms with E-state index < -0.39 is 13.7 Å². The van der Waals surface area contributed by atoms with Gasteiger partial charge < -0.3 is 34.3 Å². The highest BCUT2D eigenvalue weighted by Crippen LogP contribution is 2.60. The van der Waals surface area contributed by atoms with Crippen molar-refractivity contribution in [3.8, 4) is 17.2 Å². The highest BCUT2D eigenvalue weighted by molar-refractivity contribution is 6.91. The molecule has 0 unspecified atom stereocenters. The van der Waals surface area contributed by atoms with Crippen LogP contribution in [0.1, 0.15) is 40.5 Å². The van der Waals surface area contributed by atoms with Crippen molar-refractivity contribution in [1.82, 2.24) is 15.0 Å². The highest BCUT2D eigenvalue weighted by Gasteiger charge is 2.66. The van der Waals surface area contributed by atoms with Crippen LogP contribution < -0.4 is 29.6 Å². The lowest BCUT2D eigenvalue weighted by atomic mass is 9.82. The van der Waals surface area contributed by atoms with Gasteiger partial charge in [-0.3, -0.25) is 14.3 Å². The van der Waals surface area contributed by atoms with E-state index in [0.29, 0.717) is 48.7 Å². The maximum absolute atomic E-state index is 15.2. The van der Waals surface area contributed by atoms with E-state index >= 15 is 4.79 Å². The molecule has 56 heavy (non-hydrogen) atoms. The third-order valence-corrected chi connectivity index (χ3v) is 15.9. The number of aliphatic hydroxyl groups is 1. The van der Waals surface area contributed by atoms with Crippen molar-refractivity contribution in [3.63, 3.8) is 0 Å². The Kier molecular flexibility index (Phi) is 11.0. The Labute approximate surface area is 328 Å². The van der Waals surface area contributed by atoms with Gasteiger partial charge in [0.25, 0.3) is 11.8 Å². The number of rotatable bonds is 14. The maximum Gasteiger partial charge on any atom is 0.264 e. The van der Waals surface area contributed by atoms with E-state index in [2.05, 4.69) is 47.8 Å². The first kappa shape index (κ1) is 38.8. The van der Waals surface area contributed by atoms with Crippen LogP contribution in [0.4, 0.5) is 11.4 Å². The molecule has 5 aromatic rings.